The molecule has 21 heavy (non-hydrogen) atoms. The smallest absolute Gasteiger partial charge is 0.326 e. The zero-order chi connectivity index (χ0) is 16.0. The highest BCUT2D eigenvalue weighted by molar-refractivity contribution is 5.91. The number of benzene rings is 1. The van der Waals surface area contributed by atoms with Crippen molar-refractivity contribution in [2.24, 2.45) is 0 Å². The van der Waals surface area contributed by atoms with Crippen LogP contribution >= 0.6 is 0 Å². The molecule has 0 spiro atoms. The number of methoxy groups -OCH3 is 1. The molecule has 2 N–H and O–H groups in total. The molecule has 0 aliphatic heterocycles. The van der Waals surface area contributed by atoms with E-state index in [2.05, 4.69) is 5.32 Å². The first-order valence-electron chi connectivity index (χ1n) is 6.89. The highest BCUT2D eigenvalue weighted by Gasteiger charge is 2.33. The van der Waals surface area contributed by atoms with E-state index >= 15 is 0 Å². The maximum atomic E-state index is 12.5. The standard InChI is InChI=1S/C16H23NO4/c1-11-7-5-6-8-12(11)16(2,3)15(20)17-13(14(18)19)9-10-21-4/h5-8,13H,9-10H2,1-4H3,(H,17,20)(H,18,19). The van der Waals surface area contributed by atoms with Gasteiger partial charge in [0.1, 0.15) is 6.04 Å². The predicted molar refractivity (Wildman–Crippen MR) is 80.3 cm³/mol. The summed E-state index contributed by atoms with van der Waals surface area (Å²) in [7, 11) is 1.50. The highest BCUT2D eigenvalue weighted by Crippen LogP contribution is 2.26. The largest absolute Gasteiger partial charge is 0.480 e. The van der Waals surface area contributed by atoms with Crippen LogP contribution in [-0.2, 0) is 19.7 Å². The Morgan fingerprint density at radius 3 is 2.48 bits per heavy atom. The first-order chi connectivity index (χ1) is 9.80. The summed E-state index contributed by atoms with van der Waals surface area (Å²) in [5.74, 6) is -1.36. The number of carbonyl (C=O) groups excluding carboxylic acids is 1. The van der Waals surface area contributed by atoms with Gasteiger partial charge in [0.15, 0.2) is 0 Å². The molecule has 0 saturated heterocycles. The summed E-state index contributed by atoms with van der Waals surface area (Å²) in [6, 6.07) is 6.66. The fourth-order valence-corrected chi connectivity index (χ4v) is 2.23. The summed E-state index contributed by atoms with van der Waals surface area (Å²) >= 11 is 0. The van der Waals surface area contributed by atoms with Crippen LogP contribution in [0.5, 0.6) is 0 Å². The van der Waals surface area contributed by atoms with Crippen LogP contribution in [0.3, 0.4) is 0 Å². The van der Waals surface area contributed by atoms with Crippen molar-refractivity contribution in [1.29, 1.82) is 0 Å². The minimum absolute atomic E-state index is 0.238. The summed E-state index contributed by atoms with van der Waals surface area (Å²) < 4.78 is 4.88. The number of hydrogen-bond donors (Lipinski definition) is 2. The van der Waals surface area contributed by atoms with E-state index < -0.39 is 17.4 Å². The molecule has 1 aromatic carbocycles. The number of carboxylic acids is 1. The minimum atomic E-state index is -1.05. The second-order valence-electron chi connectivity index (χ2n) is 5.59. The average molecular weight is 293 g/mol. The molecule has 0 bridgehead atoms. The second kappa shape index (κ2) is 7.22. The number of carboxylic acid groups (broad SMARTS) is 1. The Morgan fingerprint density at radius 1 is 1.33 bits per heavy atom. The summed E-state index contributed by atoms with van der Waals surface area (Å²) in [5.41, 5.74) is 1.09. The molecule has 0 saturated carbocycles. The van der Waals surface area contributed by atoms with Crippen LogP contribution in [0.25, 0.3) is 0 Å². The second-order valence-corrected chi connectivity index (χ2v) is 5.59. The lowest BCUT2D eigenvalue weighted by Gasteiger charge is -2.27. The molecule has 116 valence electrons. The van der Waals surface area contributed by atoms with E-state index in [9.17, 15) is 9.59 Å². The van der Waals surface area contributed by atoms with Gasteiger partial charge in [0.05, 0.1) is 5.41 Å². The maximum Gasteiger partial charge on any atom is 0.326 e. The third kappa shape index (κ3) is 4.29. The third-order valence-corrected chi connectivity index (χ3v) is 3.60. The van der Waals surface area contributed by atoms with Gasteiger partial charge in [-0.1, -0.05) is 24.3 Å². The van der Waals surface area contributed by atoms with Gasteiger partial charge in [-0.2, -0.15) is 0 Å². The van der Waals surface area contributed by atoms with Crippen molar-refractivity contribution in [3.63, 3.8) is 0 Å². The molecular weight excluding hydrogens is 270 g/mol. The molecule has 0 aliphatic rings. The van der Waals surface area contributed by atoms with Gasteiger partial charge in [-0.15, -0.1) is 0 Å². The van der Waals surface area contributed by atoms with Crippen molar-refractivity contribution in [1.82, 2.24) is 5.32 Å². The molecule has 1 aromatic rings. The molecule has 1 rings (SSSR count). The lowest BCUT2D eigenvalue weighted by molar-refractivity contribution is -0.143. The molecule has 1 unspecified atom stereocenters. The van der Waals surface area contributed by atoms with Gasteiger partial charge in [-0.3, -0.25) is 4.79 Å². The van der Waals surface area contributed by atoms with Gasteiger partial charge in [0.25, 0.3) is 0 Å². The Hall–Kier alpha value is -1.88. The lowest BCUT2D eigenvalue weighted by atomic mass is 9.81. The molecule has 1 amide bonds. The number of rotatable bonds is 7. The zero-order valence-electron chi connectivity index (χ0n) is 13.0. The molecule has 5 nitrogen and oxygen atoms in total. The summed E-state index contributed by atoms with van der Waals surface area (Å²) in [6.45, 7) is 5.80. The molecule has 5 heteroatoms. The van der Waals surface area contributed by atoms with Crippen LogP contribution in [0.1, 0.15) is 31.4 Å². The first kappa shape index (κ1) is 17.2. The van der Waals surface area contributed by atoms with E-state index in [1.165, 1.54) is 7.11 Å². The number of aryl methyl sites for hydroxylation is 1. The Balaban J connectivity index is 2.90. The van der Waals surface area contributed by atoms with E-state index in [0.29, 0.717) is 0 Å². The minimum Gasteiger partial charge on any atom is -0.480 e. The molecule has 1 atom stereocenters. The summed E-state index contributed by atoms with van der Waals surface area (Å²) in [4.78, 5) is 23.7. The van der Waals surface area contributed by atoms with Crippen LogP contribution in [0, 0.1) is 6.92 Å². The van der Waals surface area contributed by atoms with Crippen LogP contribution in [0.2, 0.25) is 0 Å². The normalized spacial score (nSPS) is 12.8. The van der Waals surface area contributed by atoms with Crippen LogP contribution < -0.4 is 5.32 Å². The average Bonchev–Trinajstić information content (AvgIpc) is 2.43. The number of amides is 1. The predicted octanol–water partition coefficient (Wildman–Crippen LogP) is 1.88. The maximum absolute atomic E-state index is 12.5. The molecule has 0 aliphatic carbocycles. The SMILES string of the molecule is COCCC(NC(=O)C(C)(C)c1ccccc1C)C(=O)O. The molecule has 0 aromatic heterocycles. The zero-order valence-corrected chi connectivity index (χ0v) is 13.0. The van der Waals surface area contributed by atoms with Gasteiger partial charge in [-0.25, -0.2) is 4.79 Å². The van der Waals surface area contributed by atoms with Crippen molar-refractivity contribution in [2.75, 3.05) is 13.7 Å². The quantitative estimate of drug-likeness (QED) is 0.805. The van der Waals surface area contributed by atoms with E-state index in [4.69, 9.17) is 9.84 Å². The first-order valence-corrected chi connectivity index (χ1v) is 6.89. The highest BCUT2D eigenvalue weighted by atomic mass is 16.5. The van der Waals surface area contributed by atoms with Crippen molar-refractivity contribution < 1.29 is 19.4 Å². The van der Waals surface area contributed by atoms with Crippen LogP contribution in [-0.4, -0.2) is 36.7 Å². The van der Waals surface area contributed by atoms with Crippen molar-refractivity contribution in [3.8, 4) is 0 Å². The van der Waals surface area contributed by atoms with Crippen molar-refractivity contribution in [3.05, 3.63) is 35.4 Å². The number of ether oxygens (including phenoxy) is 1. The lowest BCUT2D eigenvalue weighted by Crippen LogP contribution is -2.48. The van der Waals surface area contributed by atoms with E-state index in [1.54, 1.807) is 13.8 Å². The number of nitrogens with one attached hydrogen (secondary N) is 1. The number of aliphatic carboxylic acids is 1. The monoisotopic (exact) mass is 293 g/mol. The molecule has 0 fully saturated rings. The summed E-state index contributed by atoms with van der Waals surface area (Å²) in [6.07, 6.45) is 0.238. The molecular formula is C16H23NO4. The molecule has 0 heterocycles. The van der Waals surface area contributed by atoms with E-state index in [1.807, 2.05) is 31.2 Å². The Kier molecular flexibility index (Phi) is 5.90. The number of hydrogen-bond acceptors (Lipinski definition) is 3. The topological polar surface area (TPSA) is 75.6 Å². The van der Waals surface area contributed by atoms with Crippen LogP contribution in [0.4, 0.5) is 0 Å². The van der Waals surface area contributed by atoms with Gasteiger partial charge < -0.3 is 15.2 Å². The van der Waals surface area contributed by atoms with Gasteiger partial charge in [-0.05, 0) is 31.9 Å². The van der Waals surface area contributed by atoms with E-state index in [0.717, 1.165) is 11.1 Å². The van der Waals surface area contributed by atoms with Gasteiger partial charge in [0, 0.05) is 20.1 Å². The van der Waals surface area contributed by atoms with Crippen molar-refractivity contribution in [2.45, 2.75) is 38.6 Å². The summed E-state index contributed by atoms with van der Waals surface area (Å²) in [5, 5.41) is 11.8. The fourth-order valence-electron chi connectivity index (χ4n) is 2.23. The van der Waals surface area contributed by atoms with E-state index in [-0.39, 0.29) is 18.9 Å². The molecule has 0 radical (unpaired) electrons. The van der Waals surface area contributed by atoms with Crippen LogP contribution in [0.15, 0.2) is 24.3 Å². The van der Waals surface area contributed by atoms with Gasteiger partial charge in [0.2, 0.25) is 5.91 Å². The van der Waals surface area contributed by atoms with Gasteiger partial charge >= 0.3 is 5.97 Å². The fraction of sp³-hybridized carbons (Fsp3) is 0.500. The number of carbonyl (C=O) groups is 2. The van der Waals surface area contributed by atoms with Crippen molar-refractivity contribution >= 4 is 11.9 Å². The Bertz CT molecular complexity index is 511. The third-order valence-electron chi connectivity index (χ3n) is 3.60. The Labute approximate surface area is 125 Å². The Morgan fingerprint density at radius 2 is 1.95 bits per heavy atom.